The summed E-state index contributed by atoms with van der Waals surface area (Å²) < 4.78 is 28.2. The largest absolute Gasteiger partial charge is 0.508 e. The first kappa shape index (κ1) is 21.5. The zero-order valence-corrected chi connectivity index (χ0v) is 18.7. The molecule has 1 N–H and O–H groups in total. The van der Waals surface area contributed by atoms with Gasteiger partial charge in [0.15, 0.2) is 0 Å². The van der Waals surface area contributed by atoms with Crippen LogP contribution in [0.1, 0.15) is 11.1 Å². The predicted octanol–water partition coefficient (Wildman–Crippen LogP) is 5.56. The van der Waals surface area contributed by atoms with E-state index < -0.39 is 10.0 Å². The molecule has 0 aliphatic rings. The van der Waals surface area contributed by atoms with E-state index in [2.05, 4.69) is 4.98 Å². The van der Waals surface area contributed by atoms with Crippen molar-refractivity contribution in [2.75, 3.05) is 0 Å². The van der Waals surface area contributed by atoms with Gasteiger partial charge in [-0.3, -0.25) is 0 Å². The van der Waals surface area contributed by atoms with E-state index in [1.807, 2.05) is 29.6 Å². The molecule has 8 heteroatoms. The Kier molecular flexibility index (Phi) is 6.38. The minimum Gasteiger partial charge on any atom is -0.508 e. The number of halogens is 1. The molecule has 4 rings (SSSR count). The highest BCUT2D eigenvalue weighted by Crippen LogP contribution is 2.26. The number of aromatic nitrogens is 1. The highest BCUT2D eigenvalue weighted by atomic mass is 35.5. The Labute approximate surface area is 190 Å². The molecule has 0 aliphatic heterocycles. The molecule has 0 saturated heterocycles. The Balaban J connectivity index is 1.65. The summed E-state index contributed by atoms with van der Waals surface area (Å²) in [6.45, 7) is 0.298. The van der Waals surface area contributed by atoms with Crippen molar-refractivity contribution < 1.29 is 13.5 Å². The fraction of sp³-hybridized carbons (Fsp3) is 0.0870. The van der Waals surface area contributed by atoms with E-state index in [4.69, 9.17) is 11.6 Å². The van der Waals surface area contributed by atoms with Crippen molar-refractivity contribution in [3.8, 4) is 16.3 Å². The van der Waals surface area contributed by atoms with Crippen LogP contribution in [0.2, 0.25) is 5.02 Å². The van der Waals surface area contributed by atoms with Gasteiger partial charge in [0.1, 0.15) is 10.8 Å². The van der Waals surface area contributed by atoms with Crippen LogP contribution in [0.4, 0.5) is 0 Å². The summed E-state index contributed by atoms with van der Waals surface area (Å²) in [6, 6.07) is 20.4. The van der Waals surface area contributed by atoms with E-state index in [1.54, 1.807) is 53.9 Å². The van der Waals surface area contributed by atoms with Crippen molar-refractivity contribution in [1.29, 1.82) is 0 Å². The molecule has 0 aliphatic carbocycles. The molecule has 0 spiro atoms. The lowest BCUT2D eigenvalue weighted by Crippen LogP contribution is -2.30. The lowest BCUT2D eigenvalue weighted by Gasteiger charge is -2.23. The second-order valence-electron chi connectivity index (χ2n) is 6.93. The molecule has 5 nitrogen and oxygen atoms in total. The number of sulfonamides is 1. The van der Waals surface area contributed by atoms with Gasteiger partial charge in [-0.1, -0.05) is 48.0 Å². The Morgan fingerprint density at radius 3 is 2.29 bits per heavy atom. The number of hydrogen-bond donors (Lipinski definition) is 1. The highest BCUT2D eigenvalue weighted by Gasteiger charge is 2.25. The molecule has 0 fully saturated rings. The molecule has 0 amide bonds. The van der Waals surface area contributed by atoms with Crippen LogP contribution in [-0.4, -0.2) is 22.8 Å². The van der Waals surface area contributed by atoms with Crippen LogP contribution < -0.4 is 0 Å². The van der Waals surface area contributed by atoms with E-state index >= 15 is 0 Å². The number of nitrogens with zero attached hydrogens (tertiary/aromatic N) is 2. The van der Waals surface area contributed by atoms with Crippen molar-refractivity contribution >= 4 is 33.0 Å². The van der Waals surface area contributed by atoms with Gasteiger partial charge in [0.05, 0.1) is 4.90 Å². The second-order valence-corrected chi connectivity index (χ2v) is 10.2. The van der Waals surface area contributed by atoms with Crippen LogP contribution in [0.15, 0.2) is 89.3 Å². The molecule has 0 atom stereocenters. The Morgan fingerprint density at radius 2 is 1.65 bits per heavy atom. The molecule has 31 heavy (non-hydrogen) atoms. The summed E-state index contributed by atoms with van der Waals surface area (Å²) in [7, 11) is -3.80. The Morgan fingerprint density at radius 1 is 0.935 bits per heavy atom. The van der Waals surface area contributed by atoms with Crippen molar-refractivity contribution in [2.45, 2.75) is 18.0 Å². The maximum absolute atomic E-state index is 13.4. The summed E-state index contributed by atoms with van der Waals surface area (Å²) >= 11 is 7.48. The van der Waals surface area contributed by atoms with Crippen LogP contribution in [0.5, 0.6) is 5.75 Å². The van der Waals surface area contributed by atoms with E-state index in [-0.39, 0.29) is 23.7 Å². The van der Waals surface area contributed by atoms with Gasteiger partial charge in [-0.25, -0.2) is 13.4 Å². The van der Waals surface area contributed by atoms with Crippen LogP contribution in [0.25, 0.3) is 10.6 Å². The van der Waals surface area contributed by atoms with Gasteiger partial charge in [0.25, 0.3) is 0 Å². The van der Waals surface area contributed by atoms with Crippen LogP contribution in [-0.2, 0) is 23.1 Å². The summed E-state index contributed by atoms with van der Waals surface area (Å²) in [5.41, 5.74) is 2.52. The van der Waals surface area contributed by atoms with Crippen molar-refractivity contribution in [3.63, 3.8) is 0 Å². The highest BCUT2D eigenvalue weighted by molar-refractivity contribution is 7.89. The standard InChI is InChI=1S/C23H19ClN2O3S2/c24-20-8-10-22(11-9-20)31(28,29)26(16-18-2-1-3-21(27)14-18)15-17-4-6-19(7-5-17)23-25-12-13-30-23/h1-14,27H,15-16H2. The lowest BCUT2D eigenvalue weighted by molar-refractivity contribution is 0.399. The fourth-order valence-electron chi connectivity index (χ4n) is 3.16. The molecule has 0 unspecified atom stereocenters. The molecule has 158 valence electrons. The Hall–Kier alpha value is -2.71. The minimum absolute atomic E-state index is 0.0918. The van der Waals surface area contributed by atoms with Crippen LogP contribution in [0, 0.1) is 0 Å². The first-order valence-corrected chi connectivity index (χ1v) is 12.1. The maximum atomic E-state index is 13.4. The first-order chi connectivity index (χ1) is 14.9. The van der Waals surface area contributed by atoms with E-state index in [1.165, 1.54) is 16.4 Å². The van der Waals surface area contributed by atoms with Crippen LogP contribution in [0.3, 0.4) is 0 Å². The molecule has 4 aromatic rings. The van der Waals surface area contributed by atoms with Gasteiger partial charge < -0.3 is 5.11 Å². The molecule has 3 aromatic carbocycles. The number of phenolic OH excluding ortho intramolecular Hbond substituents is 1. The zero-order valence-electron chi connectivity index (χ0n) is 16.3. The lowest BCUT2D eigenvalue weighted by atomic mass is 10.1. The third-order valence-electron chi connectivity index (χ3n) is 4.71. The number of thiazole rings is 1. The monoisotopic (exact) mass is 470 g/mol. The third-order valence-corrected chi connectivity index (χ3v) is 7.59. The molecular weight excluding hydrogens is 452 g/mol. The Bertz CT molecular complexity index is 1260. The summed E-state index contributed by atoms with van der Waals surface area (Å²) in [5, 5.41) is 13.1. The van der Waals surface area contributed by atoms with Gasteiger partial charge in [0, 0.05) is 35.3 Å². The average Bonchev–Trinajstić information content (AvgIpc) is 3.29. The quantitative estimate of drug-likeness (QED) is 0.384. The van der Waals surface area contributed by atoms with Gasteiger partial charge in [0.2, 0.25) is 10.0 Å². The van der Waals surface area contributed by atoms with Gasteiger partial charge >= 0.3 is 0 Å². The normalized spacial score (nSPS) is 11.7. The molecule has 1 aromatic heterocycles. The molecule has 1 heterocycles. The smallest absolute Gasteiger partial charge is 0.243 e. The van der Waals surface area contributed by atoms with Gasteiger partial charge in [-0.15, -0.1) is 11.3 Å². The zero-order chi connectivity index (χ0) is 21.8. The summed E-state index contributed by atoms with van der Waals surface area (Å²) in [6.07, 6.45) is 1.75. The van der Waals surface area contributed by atoms with Crippen molar-refractivity contribution in [2.24, 2.45) is 0 Å². The molecule has 0 radical (unpaired) electrons. The number of benzene rings is 3. The number of rotatable bonds is 7. The van der Waals surface area contributed by atoms with E-state index in [0.717, 1.165) is 16.1 Å². The fourth-order valence-corrected chi connectivity index (χ4v) is 5.35. The van der Waals surface area contributed by atoms with Crippen molar-refractivity contribution in [3.05, 3.63) is 101 Å². The minimum atomic E-state index is -3.80. The topological polar surface area (TPSA) is 70.5 Å². The van der Waals surface area contributed by atoms with E-state index in [9.17, 15) is 13.5 Å². The van der Waals surface area contributed by atoms with E-state index in [0.29, 0.717) is 10.6 Å². The van der Waals surface area contributed by atoms with Crippen LogP contribution >= 0.6 is 22.9 Å². The summed E-state index contributed by atoms with van der Waals surface area (Å²) in [4.78, 5) is 4.47. The van der Waals surface area contributed by atoms with Gasteiger partial charge in [-0.05, 0) is 47.5 Å². The third kappa shape index (κ3) is 5.14. The first-order valence-electron chi connectivity index (χ1n) is 9.44. The molecule has 0 saturated carbocycles. The van der Waals surface area contributed by atoms with Crippen molar-refractivity contribution in [1.82, 2.24) is 9.29 Å². The average molecular weight is 471 g/mol. The summed E-state index contributed by atoms with van der Waals surface area (Å²) in [5.74, 6) is 0.0918. The molecular formula is C23H19ClN2O3S2. The number of hydrogen-bond acceptors (Lipinski definition) is 5. The van der Waals surface area contributed by atoms with Gasteiger partial charge in [-0.2, -0.15) is 4.31 Å². The molecule has 0 bridgehead atoms. The second kappa shape index (κ2) is 9.20. The number of aromatic hydroxyl groups is 1. The SMILES string of the molecule is O=S(=O)(c1ccc(Cl)cc1)N(Cc1ccc(-c2nccs2)cc1)Cc1cccc(O)c1. The predicted molar refractivity (Wildman–Crippen MR) is 124 cm³/mol. The number of phenols is 1. The maximum Gasteiger partial charge on any atom is 0.243 e.